The van der Waals surface area contributed by atoms with Crippen LogP contribution in [0.2, 0.25) is 0 Å². The van der Waals surface area contributed by atoms with E-state index in [4.69, 9.17) is 9.84 Å². The molecule has 0 rings (SSSR count). The second-order valence-corrected chi connectivity index (χ2v) is 2.80. The van der Waals surface area contributed by atoms with Crippen molar-refractivity contribution in [2.24, 2.45) is 0 Å². The molecular weight excluding hydrogens is 168 g/mol. The molecule has 0 aliphatic heterocycles. The van der Waals surface area contributed by atoms with Gasteiger partial charge in [-0.25, -0.2) is 4.79 Å². The Kier molecular flexibility index (Phi) is 7.07. The van der Waals surface area contributed by atoms with Crippen molar-refractivity contribution in [1.82, 2.24) is 0 Å². The molecule has 0 saturated heterocycles. The molecule has 0 aromatic rings. The number of carbonyl (C=O) groups is 1. The Morgan fingerprint density at radius 1 is 1.38 bits per heavy atom. The molecule has 0 aliphatic carbocycles. The van der Waals surface area contributed by atoms with E-state index in [0.717, 1.165) is 25.7 Å². The van der Waals surface area contributed by atoms with Crippen LogP contribution in [0.3, 0.4) is 0 Å². The fourth-order valence-corrected chi connectivity index (χ4v) is 0.991. The number of rotatable bonds is 7. The van der Waals surface area contributed by atoms with Crippen LogP contribution in [0.25, 0.3) is 0 Å². The Hall–Kier alpha value is -0.990. The molecule has 0 unspecified atom stereocenters. The number of allylic oxidation sites excluding steroid dienone is 1. The molecule has 0 amide bonds. The van der Waals surface area contributed by atoms with Crippen LogP contribution in [0.5, 0.6) is 0 Å². The van der Waals surface area contributed by atoms with Gasteiger partial charge in [0.1, 0.15) is 0 Å². The SMILES string of the molecule is CCCCCC=C(OCC)C(=O)O. The van der Waals surface area contributed by atoms with Gasteiger partial charge in [0, 0.05) is 0 Å². The van der Waals surface area contributed by atoms with E-state index in [-0.39, 0.29) is 5.76 Å². The minimum atomic E-state index is -0.974. The van der Waals surface area contributed by atoms with E-state index >= 15 is 0 Å². The number of carboxylic acids is 1. The first-order valence-corrected chi connectivity index (χ1v) is 4.78. The number of hydrogen-bond donors (Lipinski definition) is 1. The average Bonchev–Trinajstić information content (AvgIpc) is 2.10. The van der Waals surface area contributed by atoms with Crippen LogP contribution in [0.15, 0.2) is 11.8 Å². The largest absolute Gasteiger partial charge is 0.487 e. The third-order valence-electron chi connectivity index (χ3n) is 1.65. The van der Waals surface area contributed by atoms with Crippen LogP contribution < -0.4 is 0 Å². The van der Waals surface area contributed by atoms with Gasteiger partial charge in [0.2, 0.25) is 0 Å². The van der Waals surface area contributed by atoms with Crippen molar-refractivity contribution in [3.63, 3.8) is 0 Å². The maximum atomic E-state index is 10.6. The minimum Gasteiger partial charge on any atom is -0.487 e. The van der Waals surface area contributed by atoms with Crippen LogP contribution >= 0.6 is 0 Å². The van der Waals surface area contributed by atoms with Gasteiger partial charge in [0.15, 0.2) is 5.76 Å². The Bertz CT molecular complexity index is 173. The van der Waals surface area contributed by atoms with E-state index in [1.807, 2.05) is 0 Å². The van der Waals surface area contributed by atoms with Crippen molar-refractivity contribution in [1.29, 1.82) is 0 Å². The molecular formula is C10H18O3. The van der Waals surface area contributed by atoms with E-state index in [2.05, 4.69) is 6.92 Å². The highest BCUT2D eigenvalue weighted by Gasteiger charge is 2.05. The molecule has 0 radical (unpaired) electrons. The fraction of sp³-hybridized carbons (Fsp3) is 0.700. The summed E-state index contributed by atoms with van der Waals surface area (Å²) in [6, 6.07) is 0. The molecule has 1 N–H and O–H groups in total. The standard InChI is InChI=1S/C10H18O3/c1-3-5-6-7-8-9(10(11)12)13-4-2/h8H,3-7H2,1-2H3,(H,11,12). The highest BCUT2D eigenvalue weighted by atomic mass is 16.5. The van der Waals surface area contributed by atoms with Crippen molar-refractivity contribution in [2.75, 3.05) is 6.61 Å². The number of carboxylic acid groups (broad SMARTS) is 1. The van der Waals surface area contributed by atoms with Crippen molar-refractivity contribution >= 4 is 5.97 Å². The second kappa shape index (κ2) is 7.65. The van der Waals surface area contributed by atoms with Gasteiger partial charge in [0.25, 0.3) is 0 Å². The van der Waals surface area contributed by atoms with Crippen molar-refractivity contribution in [3.05, 3.63) is 11.8 Å². The van der Waals surface area contributed by atoms with E-state index in [1.165, 1.54) is 0 Å². The van der Waals surface area contributed by atoms with Crippen molar-refractivity contribution < 1.29 is 14.6 Å². The van der Waals surface area contributed by atoms with E-state index in [0.29, 0.717) is 6.61 Å². The lowest BCUT2D eigenvalue weighted by Gasteiger charge is -2.02. The zero-order valence-electron chi connectivity index (χ0n) is 8.38. The Morgan fingerprint density at radius 3 is 2.54 bits per heavy atom. The van der Waals surface area contributed by atoms with Gasteiger partial charge in [-0.05, 0) is 25.8 Å². The van der Waals surface area contributed by atoms with Gasteiger partial charge in [-0.1, -0.05) is 19.8 Å². The highest BCUT2D eigenvalue weighted by Crippen LogP contribution is 2.05. The quantitative estimate of drug-likeness (QED) is 0.377. The lowest BCUT2D eigenvalue weighted by Crippen LogP contribution is -2.04. The first-order chi connectivity index (χ1) is 6.22. The zero-order chi connectivity index (χ0) is 10.1. The van der Waals surface area contributed by atoms with Gasteiger partial charge in [-0.15, -0.1) is 0 Å². The third kappa shape index (κ3) is 6.20. The number of aliphatic carboxylic acids is 1. The highest BCUT2D eigenvalue weighted by molar-refractivity contribution is 5.84. The average molecular weight is 186 g/mol. The lowest BCUT2D eigenvalue weighted by atomic mass is 10.2. The number of ether oxygens (including phenoxy) is 1. The van der Waals surface area contributed by atoms with E-state index in [1.54, 1.807) is 13.0 Å². The Morgan fingerprint density at radius 2 is 2.08 bits per heavy atom. The molecule has 0 bridgehead atoms. The molecule has 0 saturated carbocycles. The summed E-state index contributed by atoms with van der Waals surface area (Å²) < 4.78 is 4.95. The number of hydrogen-bond acceptors (Lipinski definition) is 2. The van der Waals surface area contributed by atoms with Gasteiger partial charge >= 0.3 is 5.97 Å². The normalized spacial score (nSPS) is 11.4. The van der Waals surface area contributed by atoms with Crippen LogP contribution in [0.4, 0.5) is 0 Å². The van der Waals surface area contributed by atoms with Crippen LogP contribution in [-0.4, -0.2) is 17.7 Å². The molecule has 0 aromatic carbocycles. The molecule has 13 heavy (non-hydrogen) atoms. The summed E-state index contributed by atoms with van der Waals surface area (Å²) >= 11 is 0. The van der Waals surface area contributed by atoms with Crippen molar-refractivity contribution in [3.8, 4) is 0 Å². The fourth-order valence-electron chi connectivity index (χ4n) is 0.991. The lowest BCUT2D eigenvalue weighted by molar-refractivity contribution is -0.136. The molecule has 0 heterocycles. The van der Waals surface area contributed by atoms with Crippen molar-refractivity contribution in [2.45, 2.75) is 39.5 Å². The van der Waals surface area contributed by atoms with Crippen LogP contribution in [-0.2, 0) is 9.53 Å². The maximum absolute atomic E-state index is 10.6. The predicted molar refractivity (Wildman–Crippen MR) is 51.5 cm³/mol. The summed E-state index contributed by atoms with van der Waals surface area (Å²) in [4.78, 5) is 10.6. The smallest absolute Gasteiger partial charge is 0.370 e. The van der Waals surface area contributed by atoms with E-state index < -0.39 is 5.97 Å². The molecule has 0 spiro atoms. The minimum absolute atomic E-state index is 0.0820. The molecule has 0 aliphatic rings. The molecule has 76 valence electrons. The summed E-state index contributed by atoms with van der Waals surface area (Å²) in [6.45, 7) is 4.30. The van der Waals surface area contributed by atoms with Crippen LogP contribution in [0, 0.1) is 0 Å². The predicted octanol–water partition coefficient (Wildman–Crippen LogP) is 2.57. The summed E-state index contributed by atoms with van der Waals surface area (Å²) in [7, 11) is 0. The zero-order valence-corrected chi connectivity index (χ0v) is 8.38. The summed E-state index contributed by atoms with van der Waals surface area (Å²) in [5.41, 5.74) is 0. The summed E-state index contributed by atoms with van der Waals surface area (Å²) in [5.74, 6) is -0.892. The second-order valence-electron chi connectivity index (χ2n) is 2.80. The summed E-state index contributed by atoms with van der Waals surface area (Å²) in [5, 5.41) is 8.67. The summed E-state index contributed by atoms with van der Waals surface area (Å²) in [6.07, 6.45) is 5.75. The maximum Gasteiger partial charge on any atom is 0.370 e. The molecule has 3 nitrogen and oxygen atoms in total. The first-order valence-electron chi connectivity index (χ1n) is 4.78. The molecule has 3 heteroatoms. The van der Waals surface area contributed by atoms with E-state index in [9.17, 15) is 4.79 Å². The van der Waals surface area contributed by atoms with Gasteiger partial charge < -0.3 is 9.84 Å². The number of unbranched alkanes of at least 4 members (excludes halogenated alkanes) is 3. The van der Waals surface area contributed by atoms with Gasteiger partial charge in [-0.3, -0.25) is 0 Å². The Labute approximate surface area is 79.4 Å². The van der Waals surface area contributed by atoms with Gasteiger partial charge in [0.05, 0.1) is 6.61 Å². The third-order valence-corrected chi connectivity index (χ3v) is 1.65. The van der Waals surface area contributed by atoms with Gasteiger partial charge in [-0.2, -0.15) is 0 Å². The van der Waals surface area contributed by atoms with Crippen LogP contribution in [0.1, 0.15) is 39.5 Å². The first kappa shape index (κ1) is 12.0. The molecule has 0 atom stereocenters. The topological polar surface area (TPSA) is 46.5 Å². The Balaban J connectivity index is 3.82. The molecule has 0 fully saturated rings. The molecule has 0 aromatic heterocycles. The monoisotopic (exact) mass is 186 g/mol.